The molecule has 3 rings (SSSR count). The van der Waals surface area contributed by atoms with Crippen LogP contribution < -0.4 is 10.2 Å². The molecule has 1 N–H and O–H groups in total. The van der Waals surface area contributed by atoms with E-state index in [1.165, 1.54) is 6.08 Å². The van der Waals surface area contributed by atoms with Crippen LogP contribution in [0.15, 0.2) is 43.2 Å². The molecule has 1 aromatic heterocycles. The molecule has 1 unspecified atom stereocenters. The molecule has 136 valence electrons. The van der Waals surface area contributed by atoms with Crippen LogP contribution in [0, 0.1) is 6.92 Å². The number of aryl methyl sites for hydroxylation is 2. The second-order valence-electron chi connectivity index (χ2n) is 6.76. The molecule has 0 saturated heterocycles. The van der Waals surface area contributed by atoms with Crippen LogP contribution in [0.5, 0.6) is 0 Å². The number of aromatic nitrogens is 2. The number of carbonyl (C=O) groups is 2. The first-order valence-electron chi connectivity index (χ1n) is 8.84. The second kappa shape index (κ2) is 7.56. The Kier molecular flexibility index (Phi) is 5.21. The Morgan fingerprint density at radius 1 is 1.42 bits per heavy atom. The fourth-order valence-corrected chi connectivity index (χ4v) is 3.28. The van der Waals surface area contributed by atoms with Crippen molar-refractivity contribution < 1.29 is 9.59 Å². The van der Waals surface area contributed by atoms with Crippen molar-refractivity contribution in [2.75, 3.05) is 11.4 Å². The van der Waals surface area contributed by atoms with Gasteiger partial charge < -0.3 is 10.2 Å². The van der Waals surface area contributed by atoms with Gasteiger partial charge in [0, 0.05) is 30.0 Å². The van der Waals surface area contributed by atoms with Crippen LogP contribution in [-0.4, -0.2) is 34.2 Å². The third-order valence-electron chi connectivity index (χ3n) is 4.50. The molecule has 0 saturated carbocycles. The molecule has 6 nitrogen and oxygen atoms in total. The Morgan fingerprint density at radius 2 is 2.23 bits per heavy atom. The van der Waals surface area contributed by atoms with Gasteiger partial charge >= 0.3 is 0 Å². The topological polar surface area (TPSA) is 67.2 Å². The molecule has 26 heavy (non-hydrogen) atoms. The summed E-state index contributed by atoms with van der Waals surface area (Å²) >= 11 is 0. The maximum absolute atomic E-state index is 12.6. The van der Waals surface area contributed by atoms with Gasteiger partial charge in [-0.15, -0.1) is 0 Å². The van der Waals surface area contributed by atoms with Gasteiger partial charge in [-0.1, -0.05) is 6.58 Å². The van der Waals surface area contributed by atoms with E-state index >= 15 is 0 Å². The lowest BCUT2D eigenvalue weighted by atomic mass is 9.98. The first kappa shape index (κ1) is 17.9. The summed E-state index contributed by atoms with van der Waals surface area (Å²) in [5, 5.41) is 7.26. The average Bonchev–Trinajstić information content (AvgIpc) is 3.04. The van der Waals surface area contributed by atoms with Gasteiger partial charge in [0.2, 0.25) is 5.91 Å². The normalized spacial score (nSPS) is 14.5. The average molecular weight is 352 g/mol. The molecule has 6 heteroatoms. The van der Waals surface area contributed by atoms with Crippen molar-refractivity contribution in [3.63, 3.8) is 0 Å². The monoisotopic (exact) mass is 352 g/mol. The van der Waals surface area contributed by atoms with Crippen LogP contribution >= 0.6 is 0 Å². The lowest BCUT2D eigenvalue weighted by molar-refractivity contribution is -0.114. The van der Waals surface area contributed by atoms with Gasteiger partial charge in [0.25, 0.3) is 5.91 Å². The van der Waals surface area contributed by atoms with E-state index in [0.717, 1.165) is 29.7 Å². The third kappa shape index (κ3) is 3.85. The number of fused-ring (bicyclic) bond motifs is 1. The molecule has 2 amide bonds. The molecule has 2 aromatic rings. The number of nitrogens with one attached hydrogen (secondary N) is 1. The number of anilines is 1. The molecular weight excluding hydrogens is 328 g/mol. The Balaban J connectivity index is 1.70. The molecule has 1 atom stereocenters. The second-order valence-corrected chi connectivity index (χ2v) is 6.76. The molecule has 0 radical (unpaired) electrons. The SMILES string of the molecule is C=CC(=O)N1CCCc2cc(C(=O)NC(C)Cn3cc(C)cn3)ccc21. The summed E-state index contributed by atoms with van der Waals surface area (Å²) in [7, 11) is 0. The quantitative estimate of drug-likeness (QED) is 0.841. The summed E-state index contributed by atoms with van der Waals surface area (Å²) in [4.78, 5) is 26.3. The molecule has 1 aliphatic heterocycles. The standard InChI is InChI=1S/C20H24N4O2/c1-4-19(25)24-9-5-6-16-10-17(7-8-18(16)24)20(26)22-15(3)13-23-12-14(2)11-21-23/h4,7-8,10-12,15H,1,5-6,9,13H2,2-3H3,(H,22,26). The molecule has 1 aromatic carbocycles. The van der Waals surface area contributed by atoms with Crippen molar-refractivity contribution >= 4 is 17.5 Å². The van der Waals surface area contributed by atoms with Gasteiger partial charge in [-0.3, -0.25) is 14.3 Å². The zero-order valence-corrected chi connectivity index (χ0v) is 15.2. The van der Waals surface area contributed by atoms with Gasteiger partial charge in [-0.2, -0.15) is 5.10 Å². The van der Waals surface area contributed by atoms with Crippen LogP contribution in [0.2, 0.25) is 0 Å². The molecule has 0 fully saturated rings. The largest absolute Gasteiger partial charge is 0.348 e. The number of rotatable bonds is 5. The smallest absolute Gasteiger partial charge is 0.251 e. The lowest BCUT2D eigenvalue weighted by Crippen LogP contribution is -2.36. The van der Waals surface area contributed by atoms with Crippen LogP contribution in [0.25, 0.3) is 0 Å². The summed E-state index contributed by atoms with van der Waals surface area (Å²) in [5.41, 5.74) is 3.60. The first-order valence-corrected chi connectivity index (χ1v) is 8.84. The number of nitrogens with zero attached hydrogens (tertiary/aromatic N) is 3. The minimum Gasteiger partial charge on any atom is -0.348 e. The maximum Gasteiger partial charge on any atom is 0.251 e. The van der Waals surface area contributed by atoms with Gasteiger partial charge in [-0.25, -0.2) is 0 Å². The fourth-order valence-electron chi connectivity index (χ4n) is 3.28. The molecule has 1 aliphatic rings. The van der Waals surface area contributed by atoms with E-state index in [1.807, 2.05) is 36.9 Å². The van der Waals surface area contributed by atoms with E-state index in [2.05, 4.69) is 17.0 Å². The highest BCUT2D eigenvalue weighted by Crippen LogP contribution is 2.28. The predicted molar refractivity (Wildman–Crippen MR) is 101 cm³/mol. The summed E-state index contributed by atoms with van der Waals surface area (Å²) in [5.74, 6) is -0.220. The van der Waals surface area contributed by atoms with Crippen LogP contribution in [-0.2, 0) is 17.8 Å². The van der Waals surface area contributed by atoms with E-state index in [1.54, 1.807) is 17.2 Å². The van der Waals surface area contributed by atoms with Crippen molar-refractivity contribution in [2.45, 2.75) is 39.3 Å². The predicted octanol–water partition coefficient (Wildman–Crippen LogP) is 2.48. The van der Waals surface area contributed by atoms with Crippen molar-refractivity contribution in [3.05, 3.63) is 59.9 Å². The lowest BCUT2D eigenvalue weighted by Gasteiger charge is -2.29. The number of benzene rings is 1. The van der Waals surface area contributed by atoms with Crippen molar-refractivity contribution in [1.29, 1.82) is 0 Å². The van der Waals surface area contributed by atoms with Crippen LogP contribution in [0.4, 0.5) is 5.69 Å². The summed E-state index contributed by atoms with van der Waals surface area (Å²) in [6.45, 7) is 8.80. The Hall–Kier alpha value is -2.89. The van der Waals surface area contributed by atoms with E-state index < -0.39 is 0 Å². The van der Waals surface area contributed by atoms with Crippen molar-refractivity contribution in [1.82, 2.24) is 15.1 Å². The van der Waals surface area contributed by atoms with Gasteiger partial charge in [0.15, 0.2) is 0 Å². The third-order valence-corrected chi connectivity index (χ3v) is 4.50. The minimum atomic E-state index is -0.114. The fraction of sp³-hybridized carbons (Fsp3) is 0.350. The highest BCUT2D eigenvalue weighted by molar-refractivity contribution is 6.02. The summed E-state index contributed by atoms with van der Waals surface area (Å²) in [6, 6.07) is 5.47. The summed E-state index contributed by atoms with van der Waals surface area (Å²) < 4.78 is 1.83. The summed E-state index contributed by atoms with van der Waals surface area (Å²) in [6.07, 6.45) is 6.82. The van der Waals surface area contributed by atoms with Crippen LogP contribution in [0.1, 0.15) is 34.8 Å². The van der Waals surface area contributed by atoms with E-state index in [0.29, 0.717) is 18.7 Å². The highest BCUT2D eigenvalue weighted by Gasteiger charge is 2.22. The molecule has 0 spiro atoms. The number of hydrogen-bond acceptors (Lipinski definition) is 3. The van der Waals surface area contributed by atoms with Crippen molar-refractivity contribution in [2.24, 2.45) is 0 Å². The molecule has 2 heterocycles. The molecule has 0 bridgehead atoms. The van der Waals surface area contributed by atoms with E-state index in [4.69, 9.17) is 0 Å². The zero-order chi connectivity index (χ0) is 18.7. The van der Waals surface area contributed by atoms with E-state index in [-0.39, 0.29) is 17.9 Å². The Labute approximate surface area is 153 Å². The van der Waals surface area contributed by atoms with Crippen LogP contribution in [0.3, 0.4) is 0 Å². The van der Waals surface area contributed by atoms with E-state index in [9.17, 15) is 9.59 Å². The molecular formula is C20H24N4O2. The number of amides is 2. The highest BCUT2D eigenvalue weighted by atomic mass is 16.2. The Morgan fingerprint density at radius 3 is 2.92 bits per heavy atom. The first-order chi connectivity index (χ1) is 12.5. The van der Waals surface area contributed by atoms with Crippen molar-refractivity contribution in [3.8, 4) is 0 Å². The van der Waals surface area contributed by atoms with Gasteiger partial charge in [0.1, 0.15) is 0 Å². The maximum atomic E-state index is 12.6. The number of hydrogen-bond donors (Lipinski definition) is 1. The van der Waals surface area contributed by atoms with Gasteiger partial charge in [0.05, 0.1) is 12.7 Å². The minimum absolute atomic E-state index is 0.0447. The zero-order valence-electron chi connectivity index (χ0n) is 15.2. The molecule has 0 aliphatic carbocycles. The van der Waals surface area contributed by atoms with Gasteiger partial charge in [-0.05, 0) is 62.1 Å². The number of carbonyl (C=O) groups excluding carboxylic acids is 2. The Bertz CT molecular complexity index is 840.